The van der Waals surface area contributed by atoms with Crippen molar-refractivity contribution in [2.75, 3.05) is 4.90 Å². The first-order valence-electron chi connectivity index (χ1n) is 11.6. The van der Waals surface area contributed by atoms with Crippen molar-refractivity contribution in [1.82, 2.24) is 4.98 Å². The highest BCUT2D eigenvalue weighted by atomic mass is 35.5. The van der Waals surface area contributed by atoms with E-state index in [0.29, 0.717) is 34.6 Å². The van der Waals surface area contributed by atoms with Gasteiger partial charge in [0, 0.05) is 57.8 Å². The minimum absolute atomic E-state index is 0.0207. The van der Waals surface area contributed by atoms with Gasteiger partial charge in [0.25, 0.3) is 0 Å². The molecule has 176 valence electrons. The van der Waals surface area contributed by atoms with E-state index < -0.39 is 5.92 Å². The number of benzene rings is 2. The summed E-state index contributed by atoms with van der Waals surface area (Å²) in [7, 11) is 0. The summed E-state index contributed by atoms with van der Waals surface area (Å²) in [6.45, 7) is 4.15. The number of pyridine rings is 1. The van der Waals surface area contributed by atoms with Gasteiger partial charge in [0.2, 0.25) is 0 Å². The summed E-state index contributed by atoms with van der Waals surface area (Å²) >= 11 is 6.16. The van der Waals surface area contributed by atoms with Gasteiger partial charge < -0.3 is 5.11 Å². The number of rotatable bonds is 3. The molecular weight excluding hydrogens is 458 g/mol. The molecule has 1 unspecified atom stereocenters. The molecule has 0 saturated heterocycles. The Morgan fingerprint density at radius 2 is 1.77 bits per heavy atom. The van der Waals surface area contributed by atoms with Crippen LogP contribution in [0, 0.1) is 10.8 Å². The number of nitrogens with zero attached hydrogens (tertiary/aromatic N) is 2. The van der Waals surface area contributed by atoms with Crippen molar-refractivity contribution in [1.29, 1.82) is 5.41 Å². The van der Waals surface area contributed by atoms with Gasteiger partial charge in [-0.2, -0.15) is 0 Å². The first-order valence-corrected chi connectivity index (χ1v) is 11.9. The molecule has 0 bridgehead atoms. The van der Waals surface area contributed by atoms with Crippen molar-refractivity contribution >= 4 is 34.7 Å². The van der Waals surface area contributed by atoms with Crippen LogP contribution in [0.5, 0.6) is 0 Å². The smallest absolute Gasteiger partial charge is 0.162 e. The number of aromatic nitrogens is 1. The molecule has 1 aliphatic carbocycles. The maximum atomic E-state index is 13.8. The van der Waals surface area contributed by atoms with Crippen LogP contribution < -0.4 is 4.90 Å². The number of halogens is 1. The fraction of sp³-hybridized carbons (Fsp3) is 0.207. The van der Waals surface area contributed by atoms with Crippen LogP contribution in [0.1, 0.15) is 43.7 Å². The average Bonchev–Trinajstić information content (AvgIpc) is 2.84. The predicted octanol–water partition coefficient (Wildman–Crippen LogP) is 6.93. The Labute approximate surface area is 209 Å². The van der Waals surface area contributed by atoms with Gasteiger partial charge in [-0.3, -0.25) is 20.1 Å². The lowest BCUT2D eigenvalue weighted by molar-refractivity contribution is -0.118. The third kappa shape index (κ3) is 4.17. The molecule has 6 heteroatoms. The van der Waals surface area contributed by atoms with Crippen LogP contribution in [-0.4, -0.2) is 21.7 Å². The van der Waals surface area contributed by atoms with Gasteiger partial charge in [-0.05, 0) is 47.7 Å². The minimum atomic E-state index is -0.599. The largest absolute Gasteiger partial charge is 0.507 e. The second kappa shape index (κ2) is 8.82. The lowest BCUT2D eigenvalue weighted by Crippen LogP contribution is -2.45. The van der Waals surface area contributed by atoms with E-state index in [1.54, 1.807) is 41.6 Å². The SMILES string of the molecule is CC1(C)CC(=O)C2=C(C1)N(c1ccc(Cl)cc1)C(=N)/C(=C(/O)c1ccccc1)C2c1cccnc1. The summed E-state index contributed by atoms with van der Waals surface area (Å²) < 4.78 is 0. The summed E-state index contributed by atoms with van der Waals surface area (Å²) in [5, 5.41) is 21.5. The molecule has 5 nitrogen and oxygen atoms in total. The van der Waals surface area contributed by atoms with E-state index in [4.69, 9.17) is 11.6 Å². The number of allylic oxidation sites excluding steroid dienone is 2. The summed E-state index contributed by atoms with van der Waals surface area (Å²) in [4.78, 5) is 19.9. The van der Waals surface area contributed by atoms with E-state index in [2.05, 4.69) is 18.8 Å². The highest BCUT2D eigenvalue weighted by molar-refractivity contribution is 6.30. The molecule has 3 aromatic rings. The van der Waals surface area contributed by atoms with Crippen LogP contribution in [-0.2, 0) is 4.79 Å². The van der Waals surface area contributed by atoms with Crippen molar-refractivity contribution in [2.24, 2.45) is 5.41 Å². The zero-order valence-electron chi connectivity index (χ0n) is 19.6. The summed E-state index contributed by atoms with van der Waals surface area (Å²) in [5.41, 5.74) is 3.60. The molecule has 0 fully saturated rings. The van der Waals surface area contributed by atoms with Gasteiger partial charge in [0.1, 0.15) is 11.6 Å². The molecule has 0 saturated carbocycles. The van der Waals surface area contributed by atoms with Gasteiger partial charge in [0.05, 0.1) is 0 Å². The lowest BCUT2D eigenvalue weighted by Gasteiger charge is -2.45. The monoisotopic (exact) mass is 483 g/mol. The Morgan fingerprint density at radius 1 is 1.06 bits per heavy atom. The molecule has 0 radical (unpaired) electrons. The second-order valence-corrected chi connectivity index (χ2v) is 10.2. The fourth-order valence-corrected chi connectivity index (χ4v) is 5.25. The Balaban J connectivity index is 1.84. The summed E-state index contributed by atoms with van der Waals surface area (Å²) in [5.74, 6) is -0.465. The third-order valence-electron chi connectivity index (χ3n) is 6.63. The number of carbonyl (C=O) groups excluding carboxylic acids is 1. The van der Waals surface area contributed by atoms with Gasteiger partial charge in [-0.25, -0.2) is 0 Å². The Bertz CT molecular complexity index is 1360. The molecule has 2 N–H and O–H groups in total. The molecule has 0 amide bonds. The molecule has 0 spiro atoms. The average molecular weight is 484 g/mol. The first kappa shape index (κ1) is 23.1. The molecular formula is C29H26ClN3O2. The number of amidine groups is 1. The van der Waals surface area contributed by atoms with E-state index in [1.807, 2.05) is 42.5 Å². The van der Waals surface area contributed by atoms with E-state index >= 15 is 0 Å². The summed E-state index contributed by atoms with van der Waals surface area (Å²) in [6.07, 6.45) is 4.41. The highest BCUT2D eigenvalue weighted by Crippen LogP contribution is 2.51. The van der Waals surface area contributed by atoms with Crippen LogP contribution in [0.2, 0.25) is 5.02 Å². The second-order valence-electron chi connectivity index (χ2n) is 9.81. The Kier molecular flexibility index (Phi) is 5.81. The van der Waals surface area contributed by atoms with Gasteiger partial charge >= 0.3 is 0 Å². The number of aliphatic hydroxyl groups excluding tert-OH is 1. The van der Waals surface area contributed by atoms with Crippen LogP contribution in [0.25, 0.3) is 5.76 Å². The molecule has 1 aliphatic heterocycles. The maximum absolute atomic E-state index is 13.8. The Hall–Kier alpha value is -3.70. The Morgan fingerprint density at radius 3 is 2.43 bits per heavy atom. The van der Waals surface area contributed by atoms with E-state index in [1.165, 1.54) is 0 Å². The molecule has 1 atom stereocenters. The predicted molar refractivity (Wildman–Crippen MR) is 140 cm³/mol. The number of hydrogen-bond donors (Lipinski definition) is 2. The normalized spacial score (nSPS) is 21.1. The number of carbonyl (C=O) groups is 1. The number of hydrogen-bond acceptors (Lipinski definition) is 4. The number of nitrogens with one attached hydrogen (secondary N) is 1. The molecule has 35 heavy (non-hydrogen) atoms. The zero-order chi connectivity index (χ0) is 24.7. The number of anilines is 1. The molecule has 2 aliphatic rings. The van der Waals surface area contributed by atoms with Crippen LogP contribution >= 0.6 is 11.6 Å². The lowest BCUT2D eigenvalue weighted by atomic mass is 9.67. The molecule has 2 heterocycles. The molecule has 1 aromatic heterocycles. The van der Waals surface area contributed by atoms with Crippen LogP contribution in [0.4, 0.5) is 5.69 Å². The van der Waals surface area contributed by atoms with Gasteiger partial charge in [-0.1, -0.05) is 61.8 Å². The quantitative estimate of drug-likeness (QED) is 0.396. The fourth-order valence-electron chi connectivity index (χ4n) is 5.12. The number of aliphatic hydroxyl groups is 1. The third-order valence-corrected chi connectivity index (χ3v) is 6.88. The van der Waals surface area contributed by atoms with Gasteiger partial charge in [-0.15, -0.1) is 0 Å². The van der Waals surface area contributed by atoms with E-state index in [-0.39, 0.29) is 22.8 Å². The van der Waals surface area contributed by atoms with Crippen LogP contribution in [0.3, 0.4) is 0 Å². The van der Waals surface area contributed by atoms with Gasteiger partial charge in [0.15, 0.2) is 5.78 Å². The minimum Gasteiger partial charge on any atom is -0.507 e. The van der Waals surface area contributed by atoms with E-state index in [0.717, 1.165) is 16.9 Å². The number of ketones is 1. The van der Waals surface area contributed by atoms with E-state index in [9.17, 15) is 15.3 Å². The van der Waals surface area contributed by atoms with Crippen molar-refractivity contribution in [3.8, 4) is 0 Å². The van der Waals surface area contributed by atoms with Crippen molar-refractivity contribution in [3.05, 3.63) is 112 Å². The topological polar surface area (TPSA) is 77.3 Å². The van der Waals surface area contributed by atoms with Crippen molar-refractivity contribution in [2.45, 2.75) is 32.6 Å². The molecule has 5 rings (SSSR count). The highest BCUT2D eigenvalue weighted by Gasteiger charge is 2.46. The standard InChI is InChI=1S/C29H26ClN3O2/c1-29(2)15-22-25(23(34)16-29)24(19-9-6-14-32-17-19)26(27(35)18-7-4-3-5-8-18)28(31)33(22)21-12-10-20(30)11-13-21/h3-14,17,24,31,35H,15-16H2,1-2H3/b27-26+,31-28?. The zero-order valence-corrected chi connectivity index (χ0v) is 20.4. The number of Topliss-reactive ketones (excluding diaryl/α,β-unsaturated/α-hetero) is 1. The van der Waals surface area contributed by atoms with Crippen LogP contribution in [0.15, 0.2) is 96.0 Å². The first-order chi connectivity index (χ1) is 16.8. The van der Waals surface area contributed by atoms with Crippen molar-refractivity contribution < 1.29 is 9.90 Å². The maximum Gasteiger partial charge on any atom is 0.162 e. The molecule has 2 aromatic carbocycles. The van der Waals surface area contributed by atoms with Crippen molar-refractivity contribution in [3.63, 3.8) is 0 Å². The summed E-state index contributed by atoms with van der Waals surface area (Å²) in [6, 6.07) is 20.1.